The van der Waals surface area contributed by atoms with Gasteiger partial charge in [0, 0.05) is 32.6 Å². The van der Waals surface area contributed by atoms with Gasteiger partial charge >= 0.3 is 0 Å². The van der Waals surface area contributed by atoms with E-state index in [1.807, 2.05) is 36.4 Å². The topological polar surface area (TPSA) is 30.2 Å². The number of carbonyl (C=O) groups is 1. The van der Waals surface area contributed by atoms with Crippen LogP contribution in [-0.4, -0.2) is 5.78 Å². The molecule has 25 heavy (non-hydrogen) atoms. The lowest BCUT2D eigenvalue weighted by Gasteiger charge is -2.04. The van der Waals surface area contributed by atoms with Gasteiger partial charge in [-0.2, -0.15) is 0 Å². The van der Waals surface area contributed by atoms with Crippen LogP contribution in [0.4, 0.5) is 0 Å². The molecule has 0 radical (unpaired) electrons. The van der Waals surface area contributed by atoms with Gasteiger partial charge in [-0.05, 0) is 29.8 Å². The Morgan fingerprint density at radius 2 is 1.48 bits per heavy atom. The van der Waals surface area contributed by atoms with Crippen LogP contribution in [0.3, 0.4) is 0 Å². The Morgan fingerprint density at radius 1 is 0.800 bits per heavy atom. The minimum absolute atomic E-state index is 0.169. The summed E-state index contributed by atoms with van der Waals surface area (Å²) in [5, 5.41) is 2.03. The molecule has 0 fully saturated rings. The molecule has 0 spiro atoms. The molecule has 0 atom stereocenters. The molecular formula is C21H12Cl2O2. The lowest BCUT2D eigenvalue weighted by Crippen LogP contribution is -2.01. The van der Waals surface area contributed by atoms with Gasteiger partial charge in [-0.25, -0.2) is 0 Å². The molecule has 0 aliphatic rings. The van der Waals surface area contributed by atoms with Crippen LogP contribution in [0.25, 0.3) is 22.1 Å². The largest absolute Gasteiger partial charge is 0.452 e. The number of carbonyl (C=O) groups excluding carboxylic acids is 1. The zero-order chi connectivity index (χ0) is 17.4. The monoisotopic (exact) mass is 366 g/mol. The lowest BCUT2D eigenvalue weighted by molar-refractivity contribution is 0.101. The summed E-state index contributed by atoms with van der Waals surface area (Å²) in [5.74, 6) is 0.128. The second kappa shape index (κ2) is 6.40. The van der Waals surface area contributed by atoms with Gasteiger partial charge < -0.3 is 4.42 Å². The van der Waals surface area contributed by atoms with Crippen molar-refractivity contribution in [2.75, 3.05) is 0 Å². The summed E-state index contributed by atoms with van der Waals surface area (Å²) in [7, 11) is 0. The number of hydrogen-bond acceptors (Lipinski definition) is 2. The highest BCUT2D eigenvalue weighted by atomic mass is 35.5. The van der Waals surface area contributed by atoms with Crippen LogP contribution in [-0.2, 0) is 0 Å². The maximum atomic E-state index is 13.0. The summed E-state index contributed by atoms with van der Waals surface area (Å²) in [4.78, 5) is 13.0. The number of benzene rings is 3. The van der Waals surface area contributed by atoms with Gasteiger partial charge in [0.1, 0.15) is 5.58 Å². The van der Waals surface area contributed by atoms with Gasteiger partial charge in [-0.3, -0.25) is 4.79 Å². The fraction of sp³-hybridized carbons (Fsp3) is 0. The first-order valence-corrected chi connectivity index (χ1v) is 8.47. The van der Waals surface area contributed by atoms with Crippen LogP contribution in [0.1, 0.15) is 16.1 Å². The molecule has 4 heteroatoms. The van der Waals surface area contributed by atoms with Crippen molar-refractivity contribution in [3.63, 3.8) is 0 Å². The van der Waals surface area contributed by atoms with E-state index in [4.69, 9.17) is 27.6 Å². The lowest BCUT2D eigenvalue weighted by atomic mass is 9.98. The highest BCUT2D eigenvalue weighted by Gasteiger charge is 2.23. The highest BCUT2D eigenvalue weighted by Crippen LogP contribution is 2.37. The Morgan fingerprint density at radius 3 is 2.20 bits per heavy atom. The summed E-state index contributed by atoms with van der Waals surface area (Å²) < 4.78 is 5.91. The van der Waals surface area contributed by atoms with Gasteiger partial charge in [0.15, 0.2) is 5.76 Å². The third-order valence-electron chi connectivity index (χ3n) is 4.03. The molecule has 0 aliphatic heterocycles. The molecule has 0 bridgehead atoms. The van der Waals surface area contributed by atoms with Crippen molar-refractivity contribution in [3.8, 4) is 11.1 Å². The smallest absolute Gasteiger partial charge is 0.228 e. The molecule has 0 aliphatic carbocycles. The van der Waals surface area contributed by atoms with Crippen molar-refractivity contribution in [3.05, 3.63) is 94.2 Å². The quantitative estimate of drug-likeness (QED) is 0.380. The molecule has 0 saturated heterocycles. The predicted molar refractivity (Wildman–Crippen MR) is 102 cm³/mol. The summed E-state index contributed by atoms with van der Waals surface area (Å²) in [6.45, 7) is 0. The Balaban J connectivity index is 1.98. The van der Waals surface area contributed by atoms with E-state index in [9.17, 15) is 4.79 Å². The van der Waals surface area contributed by atoms with Crippen LogP contribution in [0, 0.1) is 0 Å². The van der Waals surface area contributed by atoms with Gasteiger partial charge in [-0.1, -0.05) is 65.7 Å². The first kappa shape index (κ1) is 15.9. The van der Waals surface area contributed by atoms with E-state index in [1.54, 1.807) is 36.4 Å². The SMILES string of the molecule is O=C(c1ccccc1)c1oc2cc(Cl)ccc2c1-c1ccc(Cl)cc1. The number of furan rings is 1. The Bertz CT molecular complexity index is 1060. The average molecular weight is 367 g/mol. The maximum absolute atomic E-state index is 13.0. The first-order chi connectivity index (χ1) is 12.1. The molecule has 0 saturated carbocycles. The van der Waals surface area contributed by atoms with Gasteiger partial charge in [0.05, 0.1) is 0 Å². The molecule has 3 aromatic carbocycles. The summed E-state index contributed by atoms with van der Waals surface area (Å²) in [6, 6.07) is 21.8. The van der Waals surface area contributed by atoms with E-state index in [0.29, 0.717) is 27.0 Å². The van der Waals surface area contributed by atoms with Crippen LogP contribution >= 0.6 is 23.2 Å². The van der Waals surface area contributed by atoms with E-state index in [1.165, 1.54) is 0 Å². The van der Waals surface area contributed by atoms with Gasteiger partial charge in [0.2, 0.25) is 5.78 Å². The van der Waals surface area contributed by atoms with Crippen molar-refractivity contribution < 1.29 is 9.21 Å². The van der Waals surface area contributed by atoms with E-state index >= 15 is 0 Å². The molecule has 1 heterocycles. The standard InChI is InChI=1S/C21H12Cl2O2/c22-15-8-6-13(7-9-15)19-17-11-10-16(23)12-18(17)25-21(19)20(24)14-4-2-1-3-5-14/h1-12H. The van der Waals surface area contributed by atoms with E-state index in [0.717, 1.165) is 16.5 Å². The van der Waals surface area contributed by atoms with Gasteiger partial charge in [-0.15, -0.1) is 0 Å². The molecule has 0 unspecified atom stereocenters. The molecule has 0 N–H and O–H groups in total. The second-order valence-corrected chi connectivity index (χ2v) is 6.52. The van der Waals surface area contributed by atoms with Crippen LogP contribution in [0.5, 0.6) is 0 Å². The minimum atomic E-state index is -0.169. The first-order valence-electron chi connectivity index (χ1n) is 7.71. The Hall–Kier alpha value is -2.55. The zero-order valence-corrected chi connectivity index (χ0v) is 14.5. The summed E-state index contributed by atoms with van der Waals surface area (Å²) in [5.41, 5.74) is 2.77. The fourth-order valence-corrected chi connectivity index (χ4v) is 3.14. The van der Waals surface area contributed by atoms with Crippen molar-refractivity contribution >= 4 is 40.0 Å². The van der Waals surface area contributed by atoms with Crippen molar-refractivity contribution in [1.82, 2.24) is 0 Å². The number of ketones is 1. The average Bonchev–Trinajstić information content (AvgIpc) is 3.01. The Labute approximate surface area is 154 Å². The van der Waals surface area contributed by atoms with Gasteiger partial charge in [0.25, 0.3) is 0 Å². The number of fused-ring (bicyclic) bond motifs is 1. The number of halogens is 2. The van der Waals surface area contributed by atoms with E-state index in [2.05, 4.69) is 0 Å². The van der Waals surface area contributed by atoms with E-state index < -0.39 is 0 Å². The maximum Gasteiger partial charge on any atom is 0.228 e. The van der Waals surface area contributed by atoms with Crippen LogP contribution in [0.15, 0.2) is 77.2 Å². The number of hydrogen-bond donors (Lipinski definition) is 0. The third-order valence-corrected chi connectivity index (χ3v) is 4.51. The molecule has 1 aromatic heterocycles. The van der Waals surface area contributed by atoms with Crippen molar-refractivity contribution in [1.29, 1.82) is 0 Å². The van der Waals surface area contributed by atoms with Crippen molar-refractivity contribution in [2.45, 2.75) is 0 Å². The van der Waals surface area contributed by atoms with Crippen LogP contribution in [0.2, 0.25) is 10.0 Å². The predicted octanol–water partition coefficient (Wildman–Crippen LogP) is 6.64. The summed E-state index contributed by atoms with van der Waals surface area (Å²) in [6.07, 6.45) is 0. The minimum Gasteiger partial charge on any atom is -0.452 e. The molecule has 4 aromatic rings. The molecule has 122 valence electrons. The van der Waals surface area contributed by atoms with Crippen LogP contribution < -0.4 is 0 Å². The zero-order valence-electron chi connectivity index (χ0n) is 13.0. The normalized spacial score (nSPS) is 11.0. The number of rotatable bonds is 3. The van der Waals surface area contributed by atoms with Crippen molar-refractivity contribution in [2.24, 2.45) is 0 Å². The molecule has 2 nitrogen and oxygen atoms in total. The van der Waals surface area contributed by atoms with E-state index in [-0.39, 0.29) is 5.78 Å². The molecule has 0 amide bonds. The second-order valence-electron chi connectivity index (χ2n) is 5.65. The highest BCUT2D eigenvalue weighted by molar-refractivity contribution is 6.31. The fourth-order valence-electron chi connectivity index (χ4n) is 2.85. The Kier molecular flexibility index (Phi) is 4.08. The third kappa shape index (κ3) is 2.95. The summed E-state index contributed by atoms with van der Waals surface area (Å²) >= 11 is 12.1. The molecule has 4 rings (SSSR count). The molecular weight excluding hydrogens is 355 g/mol.